The van der Waals surface area contributed by atoms with Crippen LogP contribution in [0.1, 0.15) is 32.8 Å². The number of halogens is 3. The van der Waals surface area contributed by atoms with E-state index in [1.54, 1.807) is 36.0 Å². The number of carbonyl (C=O) groups is 2. The summed E-state index contributed by atoms with van der Waals surface area (Å²) in [5, 5.41) is 6.12. The zero-order chi connectivity index (χ0) is 22.1. The first-order valence-corrected chi connectivity index (χ1v) is 12.3. The van der Waals surface area contributed by atoms with Gasteiger partial charge in [0, 0.05) is 35.0 Å². The van der Waals surface area contributed by atoms with Gasteiger partial charge in [0.15, 0.2) is 0 Å². The summed E-state index contributed by atoms with van der Waals surface area (Å²) in [5.74, 6) is 0.113. The van der Waals surface area contributed by atoms with E-state index in [0.29, 0.717) is 16.0 Å². The zero-order valence-electron chi connectivity index (χ0n) is 16.3. The first-order chi connectivity index (χ1) is 14.4. The molecule has 0 radical (unpaired) electrons. The Hall–Kier alpha value is -1.48. The van der Waals surface area contributed by atoms with Crippen LogP contribution in [0, 0.1) is 0 Å². The number of carbonyl (C=O) groups excluding carboxylic acids is 2. The van der Waals surface area contributed by atoms with Gasteiger partial charge in [0.1, 0.15) is 11.3 Å². The second-order valence-electron chi connectivity index (χ2n) is 6.31. The lowest BCUT2D eigenvalue weighted by Gasteiger charge is -2.16. The van der Waals surface area contributed by atoms with E-state index < -0.39 is 17.4 Å². The summed E-state index contributed by atoms with van der Waals surface area (Å²) in [6.07, 6.45) is 2.81. The van der Waals surface area contributed by atoms with Crippen LogP contribution in [-0.4, -0.2) is 40.8 Å². The molecule has 162 valence electrons. The number of nitrogens with zero attached hydrogens (tertiary/aromatic N) is 1. The number of amides is 2. The molecule has 2 rings (SSSR count). The third kappa shape index (κ3) is 6.77. The lowest BCUT2D eigenvalue weighted by molar-refractivity contribution is 0.0929. The highest BCUT2D eigenvalue weighted by Gasteiger charge is 2.22. The van der Waals surface area contributed by atoms with Crippen LogP contribution in [-0.2, 0) is 13.1 Å². The van der Waals surface area contributed by atoms with E-state index in [4.69, 9.17) is 23.2 Å². The van der Waals surface area contributed by atoms with Crippen molar-refractivity contribution in [1.29, 1.82) is 0 Å². The van der Waals surface area contributed by atoms with Crippen molar-refractivity contribution >= 4 is 62.7 Å². The molecule has 1 heterocycles. The quantitative estimate of drug-likeness (QED) is 0.357. The van der Waals surface area contributed by atoms with E-state index in [-0.39, 0.29) is 30.2 Å². The van der Waals surface area contributed by atoms with Gasteiger partial charge in [0.2, 0.25) is 0 Å². The van der Waals surface area contributed by atoms with Gasteiger partial charge in [-0.25, -0.2) is 0 Å². The van der Waals surface area contributed by atoms with Crippen molar-refractivity contribution in [3.05, 3.63) is 67.0 Å². The topological polar surface area (TPSA) is 80.2 Å². The largest absolute Gasteiger partial charge is 0.351 e. The maximum Gasteiger partial charge on any atom is 0.269 e. The Morgan fingerprint density at radius 3 is 2.50 bits per heavy atom. The Labute approximate surface area is 197 Å². The Morgan fingerprint density at radius 1 is 1.17 bits per heavy atom. The van der Waals surface area contributed by atoms with Gasteiger partial charge in [-0.1, -0.05) is 23.7 Å². The maximum absolute atomic E-state index is 12.9. The third-order valence-electron chi connectivity index (χ3n) is 4.19. The normalized spacial score (nSPS) is 10.7. The number of benzene rings is 1. The third-order valence-corrected chi connectivity index (χ3v) is 5.91. The molecule has 2 amide bonds. The summed E-state index contributed by atoms with van der Waals surface area (Å²) >= 11 is 16.7. The van der Waals surface area contributed by atoms with Gasteiger partial charge in [-0.05, 0) is 58.1 Å². The summed E-state index contributed by atoms with van der Waals surface area (Å²) in [6, 6.07) is 8.39. The van der Waals surface area contributed by atoms with Crippen molar-refractivity contribution in [2.75, 3.05) is 24.4 Å². The molecule has 0 aliphatic heterocycles. The number of thioether (sulfide) groups is 1. The lowest BCUT2D eigenvalue weighted by atomic mass is 10.2. The second-order valence-corrected chi connectivity index (χ2v) is 8.97. The number of hydrogen-bond acceptors (Lipinski definition) is 4. The van der Waals surface area contributed by atoms with Crippen molar-refractivity contribution in [3.63, 3.8) is 0 Å². The number of pyridine rings is 1. The fraction of sp³-hybridized carbons (Fsp3) is 0.350. The predicted octanol–water partition coefficient (Wildman–Crippen LogP) is 3.92. The second kappa shape index (κ2) is 12.4. The van der Waals surface area contributed by atoms with Crippen LogP contribution in [0.2, 0.25) is 5.02 Å². The highest BCUT2D eigenvalue weighted by atomic mass is 79.9. The standard InChI is InChI=1S/C20H22BrCl2N3O3S/c1-30-10-2-8-24-19(28)17-16(21)11-15(20(29)26(17)9-7-22)18(27)25-12-13-3-5-14(23)6-4-13/h3-6,11H,2,7-10,12H2,1H3,(H,24,28)(H,25,27). The number of nitrogens with one attached hydrogen (secondary N) is 2. The molecule has 30 heavy (non-hydrogen) atoms. The SMILES string of the molecule is CSCCCNC(=O)c1c(Br)cc(C(=O)NCc2ccc(Cl)cc2)c(=O)n1CCCl. The first kappa shape index (κ1) is 24.8. The average Bonchev–Trinajstić information content (AvgIpc) is 2.73. The van der Waals surface area contributed by atoms with Gasteiger partial charge < -0.3 is 15.2 Å². The Balaban J connectivity index is 2.24. The molecule has 6 nitrogen and oxygen atoms in total. The summed E-state index contributed by atoms with van der Waals surface area (Å²) in [7, 11) is 0. The zero-order valence-corrected chi connectivity index (χ0v) is 20.3. The minimum absolute atomic E-state index is 0.0695. The Kier molecular flexibility index (Phi) is 10.2. The van der Waals surface area contributed by atoms with Crippen molar-refractivity contribution in [3.8, 4) is 0 Å². The summed E-state index contributed by atoms with van der Waals surface area (Å²) < 4.78 is 1.59. The van der Waals surface area contributed by atoms with Crippen LogP contribution in [0.15, 0.2) is 39.6 Å². The maximum atomic E-state index is 12.9. The van der Waals surface area contributed by atoms with Crippen LogP contribution in [0.25, 0.3) is 0 Å². The van der Waals surface area contributed by atoms with Crippen molar-refractivity contribution in [2.45, 2.75) is 19.5 Å². The summed E-state index contributed by atoms with van der Waals surface area (Å²) in [5.41, 5.74) is 0.356. The molecule has 0 bridgehead atoms. The molecular weight excluding hydrogens is 513 g/mol. The number of hydrogen-bond donors (Lipinski definition) is 2. The van der Waals surface area contributed by atoms with Crippen molar-refractivity contribution in [2.24, 2.45) is 0 Å². The van der Waals surface area contributed by atoms with Crippen LogP contribution < -0.4 is 16.2 Å². The van der Waals surface area contributed by atoms with Crippen LogP contribution in [0.3, 0.4) is 0 Å². The van der Waals surface area contributed by atoms with E-state index in [2.05, 4.69) is 26.6 Å². The Morgan fingerprint density at radius 2 is 1.87 bits per heavy atom. The minimum atomic E-state index is -0.568. The van der Waals surface area contributed by atoms with Crippen LogP contribution >= 0.6 is 50.9 Å². The first-order valence-electron chi connectivity index (χ1n) is 9.18. The summed E-state index contributed by atoms with van der Waals surface area (Å²) in [4.78, 5) is 38.2. The molecular formula is C20H22BrCl2N3O3S. The molecule has 0 saturated heterocycles. The average molecular weight is 535 g/mol. The van der Waals surface area contributed by atoms with E-state index in [1.807, 2.05) is 6.26 Å². The highest BCUT2D eigenvalue weighted by Crippen LogP contribution is 2.17. The molecule has 0 spiro atoms. The molecule has 0 aliphatic carbocycles. The molecule has 1 aromatic heterocycles. The molecule has 0 aliphatic rings. The highest BCUT2D eigenvalue weighted by molar-refractivity contribution is 9.10. The van der Waals surface area contributed by atoms with Gasteiger partial charge in [0.05, 0.1) is 0 Å². The summed E-state index contributed by atoms with van der Waals surface area (Å²) in [6.45, 7) is 0.829. The van der Waals surface area contributed by atoms with E-state index in [1.165, 1.54) is 10.6 Å². The smallest absolute Gasteiger partial charge is 0.269 e. The van der Waals surface area contributed by atoms with E-state index in [9.17, 15) is 14.4 Å². The molecule has 0 unspecified atom stereocenters. The van der Waals surface area contributed by atoms with Gasteiger partial charge in [0.25, 0.3) is 17.4 Å². The van der Waals surface area contributed by atoms with E-state index in [0.717, 1.165) is 17.7 Å². The van der Waals surface area contributed by atoms with Gasteiger partial charge in [-0.2, -0.15) is 11.8 Å². The number of alkyl halides is 1. The minimum Gasteiger partial charge on any atom is -0.351 e. The van der Waals surface area contributed by atoms with Crippen LogP contribution in [0.4, 0.5) is 0 Å². The molecule has 0 fully saturated rings. The van der Waals surface area contributed by atoms with E-state index >= 15 is 0 Å². The molecule has 2 aromatic rings. The van der Waals surface area contributed by atoms with Gasteiger partial charge in [-0.15, -0.1) is 11.6 Å². The fourth-order valence-corrected chi connectivity index (χ4v) is 4.06. The molecule has 1 aromatic carbocycles. The monoisotopic (exact) mass is 533 g/mol. The number of aromatic nitrogens is 1. The molecule has 10 heteroatoms. The van der Waals surface area contributed by atoms with Crippen molar-refractivity contribution in [1.82, 2.24) is 15.2 Å². The van der Waals surface area contributed by atoms with Crippen molar-refractivity contribution < 1.29 is 9.59 Å². The molecule has 0 atom stereocenters. The Bertz CT molecular complexity index is 952. The molecule has 0 saturated carbocycles. The van der Waals surface area contributed by atoms with Gasteiger partial charge in [-0.3, -0.25) is 14.4 Å². The fourth-order valence-electron chi connectivity index (χ4n) is 2.71. The number of rotatable bonds is 10. The molecule has 2 N–H and O–H groups in total. The lowest BCUT2D eigenvalue weighted by Crippen LogP contribution is -2.38. The van der Waals surface area contributed by atoms with Gasteiger partial charge >= 0.3 is 0 Å². The predicted molar refractivity (Wildman–Crippen MR) is 127 cm³/mol. The van der Waals surface area contributed by atoms with Crippen LogP contribution in [0.5, 0.6) is 0 Å².